The zero-order chi connectivity index (χ0) is 25.8. The maximum absolute atomic E-state index is 13.5. The van der Waals surface area contributed by atoms with E-state index in [4.69, 9.17) is 0 Å². The van der Waals surface area contributed by atoms with Crippen LogP contribution in [0.1, 0.15) is 57.5 Å². The van der Waals surface area contributed by atoms with Crippen molar-refractivity contribution in [2.75, 3.05) is 0 Å². The highest BCUT2D eigenvalue weighted by Gasteiger charge is 2.20. The molecular weight excluding hydrogens is 470 g/mol. The topological polar surface area (TPSA) is 138 Å². The Hall–Kier alpha value is -4.48. The van der Waals surface area contributed by atoms with E-state index in [1.807, 2.05) is 55.7 Å². The number of H-pyrrole nitrogens is 1. The van der Waals surface area contributed by atoms with Crippen LogP contribution in [0.4, 0.5) is 0 Å². The van der Waals surface area contributed by atoms with Crippen LogP contribution in [-0.2, 0) is 13.0 Å². The fourth-order valence-corrected chi connectivity index (χ4v) is 4.25. The van der Waals surface area contributed by atoms with Crippen molar-refractivity contribution >= 4 is 0 Å². The summed E-state index contributed by atoms with van der Waals surface area (Å²) in [5.41, 5.74) is 4.26. The molecule has 0 bridgehead atoms. The zero-order valence-electron chi connectivity index (χ0n) is 21.1. The Balaban J connectivity index is 1.47. The van der Waals surface area contributed by atoms with Crippen LogP contribution >= 0.6 is 0 Å². The molecule has 0 saturated heterocycles. The molecule has 1 N–H and O–H groups in total. The van der Waals surface area contributed by atoms with Crippen LogP contribution in [0.15, 0.2) is 53.6 Å². The number of aryl methyl sites for hydroxylation is 1. The molecule has 4 heterocycles. The van der Waals surface area contributed by atoms with E-state index in [-0.39, 0.29) is 11.7 Å². The quantitative estimate of drug-likeness (QED) is 0.309. The SMILES string of the molecule is CCCCc1cn(-c2nnnn2C(C)CC)c(=O)n1Cc1ccc(-c2ccccc2-c2nn[nH]n2)cn1. The van der Waals surface area contributed by atoms with Crippen LogP contribution in [-0.4, -0.2) is 54.9 Å². The molecule has 0 radical (unpaired) electrons. The van der Waals surface area contributed by atoms with Gasteiger partial charge in [0, 0.05) is 29.2 Å². The normalized spacial score (nSPS) is 12.2. The second-order valence-electron chi connectivity index (χ2n) is 8.96. The number of nitrogens with one attached hydrogen (secondary N) is 1. The standard InChI is InChI=1S/C25H29N11O/c1-4-6-9-20-16-35(24-29-32-33-36(24)17(3)5-2)25(37)34(20)15-19-13-12-18(14-26-19)21-10-7-8-11-22(21)23-27-30-31-28-23/h7-8,10-14,16-17H,4-6,9,15H2,1-3H3,(H,27,28,30,31). The third kappa shape index (κ3) is 4.82. The molecule has 0 aliphatic heterocycles. The van der Waals surface area contributed by atoms with Gasteiger partial charge in [-0.1, -0.05) is 55.7 Å². The number of aromatic nitrogens is 11. The van der Waals surface area contributed by atoms with Gasteiger partial charge in [-0.25, -0.2) is 14.0 Å². The van der Waals surface area contributed by atoms with Crippen molar-refractivity contribution in [3.63, 3.8) is 0 Å². The minimum Gasteiger partial charge on any atom is -0.290 e. The predicted molar refractivity (Wildman–Crippen MR) is 137 cm³/mol. The van der Waals surface area contributed by atoms with Gasteiger partial charge in [-0.15, -0.1) is 10.2 Å². The molecule has 1 unspecified atom stereocenters. The highest BCUT2D eigenvalue weighted by molar-refractivity contribution is 5.79. The van der Waals surface area contributed by atoms with E-state index < -0.39 is 0 Å². The lowest BCUT2D eigenvalue weighted by Gasteiger charge is -2.10. The summed E-state index contributed by atoms with van der Waals surface area (Å²) < 4.78 is 5.01. The summed E-state index contributed by atoms with van der Waals surface area (Å²) in [6.07, 6.45) is 7.29. The van der Waals surface area contributed by atoms with Crippen LogP contribution in [0.2, 0.25) is 0 Å². The van der Waals surface area contributed by atoms with Crippen LogP contribution < -0.4 is 5.69 Å². The van der Waals surface area contributed by atoms with E-state index in [9.17, 15) is 4.79 Å². The molecule has 4 aromatic heterocycles. The third-order valence-corrected chi connectivity index (χ3v) is 6.52. The Morgan fingerprint density at radius 3 is 2.59 bits per heavy atom. The number of hydrogen-bond acceptors (Lipinski definition) is 8. The van der Waals surface area contributed by atoms with Crippen LogP contribution in [0.3, 0.4) is 0 Å². The van der Waals surface area contributed by atoms with Crippen LogP contribution in [0, 0.1) is 0 Å². The maximum atomic E-state index is 13.5. The second kappa shape index (κ2) is 10.6. The van der Waals surface area contributed by atoms with E-state index in [0.29, 0.717) is 18.3 Å². The summed E-state index contributed by atoms with van der Waals surface area (Å²) in [6, 6.07) is 11.9. The monoisotopic (exact) mass is 499 g/mol. The molecular formula is C25H29N11O. The van der Waals surface area contributed by atoms with E-state index in [2.05, 4.69) is 55.0 Å². The van der Waals surface area contributed by atoms with Crippen molar-refractivity contribution in [3.05, 3.63) is 70.7 Å². The molecule has 12 heteroatoms. The first-order valence-electron chi connectivity index (χ1n) is 12.5. The number of aromatic amines is 1. The minimum absolute atomic E-state index is 0.0730. The molecule has 190 valence electrons. The Kier molecular flexibility index (Phi) is 6.97. The molecule has 0 saturated carbocycles. The molecule has 0 fully saturated rings. The molecule has 0 amide bonds. The fourth-order valence-electron chi connectivity index (χ4n) is 4.25. The van der Waals surface area contributed by atoms with E-state index in [1.165, 1.54) is 0 Å². The van der Waals surface area contributed by atoms with Crippen molar-refractivity contribution in [2.45, 2.75) is 59.0 Å². The first kappa shape index (κ1) is 24.2. The number of hydrogen-bond donors (Lipinski definition) is 1. The summed E-state index contributed by atoms with van der Waals surface area (Å²) in [6.45, 7) is 6.58. The molecule has 12 nitrogen and oxygen atoms in total. The number of unbranched alkanes of at least 4 members (excludes halogenated alkanes) is 1. The van der Waals surface area contributed by atoms with Crippen molar-refractivity contribution in [1.29, 1.82) is 0 Å². The van der Waals surface area contributed by atoms with Crippen molar-refractivity contribution < 1.29 is 0 Å². The zero-order valence-corrected chi connectivity index (χ0v) is 21.1. The average molecular weight is 500 g/mol. The number of nitrogens with zero attached hydrogens (tertiary/aromatic N) is 10. The highest BCUT2D eigenvalue weighted by atomic mass is 16.2. The molecule has 0 aliphatic rings. The Morgan fingerprint density at radius 1 is 1.05 bits per heavy atom. The Labute approximate surface area is 213 Å². The lowest BCUT2D eigenvalue weighted by Crippen LogP contribution is -2.27. The molecule has 1 aromatic carbocycles. The lowest BCUT2D eigenvalue weighted by molar-refractivity contribution is 0.456. The van der Waals surface area contributed by atoms with Gasteiger partial charge in [0.25, 0.3) is 5.95 Å². The van der Waals surface area contributed by atoms with Crippen LogP contribution in [0.25, 0.3) is 28.5 Å². The number of tetrazole rings is 2. The predicted octanol–water partition coefficient (Wildman–Crippen LogP) is 3.23. The maximum Gasteiger partial charge on any atom is 0.335 e. The summed E-state index contributed by atoms with van der Waals surface area (Å²) in [7, 11) is 0. The fraction of sp³-hybridized carbons (Fsp3) is 0.360. The van der Waals surface area contributed by atoms with Gasteiger partial charge in [0.1, 0.15) is 0 Å². The van der Waals surface area contributed by atoms with Gasteiger partial charge in [0.2, 0.25) is 5.82 Å². The molecule has 37 heavy (non-hydrogen) atoms. The number of pyridine rings is 1. The Bertz CT molecular complexity index is 1510. The molecule has 0 aliphatic carbocycles. The summed E-state index contributed by atoms with van der Waals surface area (Å²) in [4.78, 5) is 18.2. The van der Waals surface area contributed by atoms with Gasteiger partial charge in [0.15, 0.2) is 0 Å². The third-order valence-electron chi connectivity index (χ3n) is 6.52. The van der Waals surface area contributed by atoms with Gasteiger partial charge < -0.3 is 0 Å². The smallest absolute Gasteiger partial charge is 0.290 e. The largest absolute Gasteiger partial charge is 0.335 e. The van der Waals surface area contributed by atoms with E-state index >= 15 is 0 Å². The van der Waals surface area contributed by atoms with Crippen molar-refractivity contribution in [1.82, 2.24) is 54.9 Å². The number of benzene rings is 1. The van der Waals surface area contributed by atoms with Crippen molar-refractivity contribution in [2.24, 2.45) is 0 Å². The summed E-state index contributed by atoms with van der Waals surface area (Å²) >= 11 is 0. The van der Waals surface area contributed by atoms with Gasteiger partial charge in [0.05, 0.1) is 18.3 Å². The highest BCUT2D eigenvalue weighted by Crippen LogP contribution is 2.29. The van der Waals surface area contributed by atoms with Gasteiger partial charge >= 0.3 is 5.69 Å². The van der Waals surface area contributed by atoms with Crippen molar-refractivity contribution in [3.8, 4) is 28.5 Å². The van der Waals surface area contributed by atoms with Gasteiger partial charge in [-0.3, -0.25) is 9.55 Å². The molecule has 5 rings (SSSR count). The first-order chi connectivity index (χ1) is 18.1. The first-order valence-corrected chi connectivity index (χ1v) is 12.5. The summed E-state index contributed by atoms with van der Waals surface area (Å²) in [5.74, 6) is 0.949. The van der Waals surface area contributed by atoms with Gasteiger partial charge in [-0.2, -0.15) is 5.21 Å². The lowest BCUT2D eigenvalue weighted by atomic mass is 10.0. The number of rotatable bonds is 10. The average Bonchev–Trinajstić information content (AvgIpc) is 3.69. The second-order valence-corrected chi connectivity index (χ2v) is 8.96. The van der Waals surface area contributed by atoms with Crippen LogP contribution in [0.5, 0.6) is 0 Å². The molecule has 1 atom stereocenters. The minimum atomic E-state index is -0.182. The van der Waals surface area contributed by atoms with E-state index in [1.54, 1.807) is 13.8 Å². The Morgan fingerprint density at radius 2 is 1.89 bits per heavy atom. The van der Waals surface area contributed by atoms with E-state index in [0.717, 1.165) is 53.8 Å². The molecule has 0 spiro atoms. The van der Waals surface area contributed by atoms with Gasteiger partial charge in [-0.05, 0) is 53.5 Å². The number of imidazole rings is 1. The molecule has 5 aromatic rings. The summed E-state index contributed by atoms with van der Waals surface area (Å²) in [5, 5.41) is 26.5.